The Kier molecular flexibility index (Phi) is 7.44. The Morgan fingerprint density at radius 1 is 0.486 bits per heavy atom. The molecular formula is C22H14ClN6O8+. The highest BCUT2D eigenvalue weighted by atomic mass is 35.5. The Morgan fingerprint density at radius 3 is 1.08 bits per heavy atom. The molecule has 15 heteroatoms. The molecule has 0 aliphatic rings. The van der Waals surface area contributed by atoms with Gasteiger partial charge in [-0.05, 0) is 11.1 Å². The lowest BCUT2D eigenvalue weighted by Crippen LogP contribution is -3.00. The fraction of sp³-hybridized carbons (Fsp3) is 0. The highest BCUT2D eigenvalue weighted by Crippen LogP contribution is 2.26. The number of nitro benzene ring substituents is 4. The number of nitro groups is 4. The number of hydrogen-bond donors (Lipinski definition) is 0. The van der Waals surface area contributed by atoms with Gasteiger partial charge in [0.25, 0.3) is 22.7 Å². The fourth-order valence-electron chi connectivity index (χ4n) is 3.54. The first-order valence-electron chi connectivity index (χ1n) is 10.0. The summed E-state index contributed by atoms with van der Waals surface area (Å²) >= 11 is 0. The Bertz CT molecular complexity index is 1430. The van der Waals surface area contributed by atoms with Crippen LogP contribution < -0.4 is 21.5 Å². The van der Waals surface area contributed by atoms with E-state index in [-0.39, 0.29) is 23.8 Å². The molecule has 0 amide bonds. The molecule has 2 aromatic heterocycles. The molecule has 2 heterocycles. The lowest BCUT2D eigenvalue weighted by Gasteiger charge is -2.02. The van der Waals surface area contributed by atoms with E-state index in [4.69, 9.17) is 0 Å². The van der Waals surface area contributed by atoms with Gasteiger partial charge in [-0.25, -0.2) is 0 Å². The second-order valence-electron chi connectivity index (χ2n) is 7.36. The molecule has 0 aliphatic carbocycles. The zero-order chi connectivity index (χ0) is 26.0. The number of pyridine rings is 2. The standard InChI is InChI=1S/C22H14N6O8.ClH/c29-25(30)17-1-3-19(21(13-17)27(33)34)23-9-5-15(6-10-23)16-7-11-24(12-8-16)20-4-2-18(26(31)32)14-22(20)28(35)36;/h1-14H;1H/q+2;/p-1. The summed E-state index contributed by atoms with van der Waals surface area (Å²) in [5.41, 5.74) is 0.103. The summed E-state index contributed by atoms with van der Waals surface area (Å²) in [6, 6.07) is 13.4. The zero-order valence-corrected chi connectivity index (χ0v) is 19.2. The van der Waals surface area contributed by atoms with Crippen molar-refractivity contribution in [3.8, 4) is 22.5 Å². The van der Waals surface area contributed by atoms with Crippen LogP contribution in [-0.4, -0.2) is 19.7 Å². The second kappa shape index (κ2) is 10.5. The Balaban J connectivity index is 0.00000380. The molecule has 0 fully saturated rings. The van der Waals surface area contributed by atoms with Crippen LogP contribution in [0.2, 0.25) is 0 Å². The summed E-state index contributed by atoms with van der Waals surface area (Å²) in [5, 5.41) is 44.7. The molecule has 0 aliphatic heterocycles. The normalized spacial score (nSPS) is 10.3. The van der Waals surface area contributed by atoms with Gasteiger partial charge in [0.1, 0.15) is 12.1 Å². The molecule has 186 valence electrons. The summed E-state index contributed by atoms with van der Waals surface area (Å²) in [5.74, 6) is 0. The van der Waals surface area contributed by atoms with Crippen LogP contribution in [0.3, 0.4) is 0 Å². The molecule has 4 rings (SSSR count). The van der Waals surface area contributed by atoms with Gasteiger partial charge in [-0.1, -0.05) is 0 Å². The average Bonchev–Trinajstić information content (AvgIpc) is 2.88. The summed E-state index contributed by atoms with van der Waals surface area (Å²) in [6.45, 7) is 0. The number of halogens is 1. The van der Waals surface area contributed by atoms with Crippen molar-refractivity contribution in [1.82, 2.24) is 0 Å². The van der Waals surface area contributed by atoms with E-state index in [0.29, 0.717) is 0 Å². The number of benzene rings is 2. The Hall–Kier alpha value is -5.37. The molecule has 14 nitrogen and oxygen atoms in total. The molecule has 0 atom stereocenters. The number of non-ortho nitro benzene ring substituents is 2. The molecule has 0 spiro atoms. The minimum absolute atomic E-state index is 0. The van der Waals surface area contributed by atoms with Gasteiger partial charge in [-0.3, -0.25) is 40.5 Å². The third-order valence-electron chi connectivity index (χ3n) is 5.28. The quantitative estimate of drug-likeness (QED) is 0.190. The molecular weight excluding hydrogens is 512 g/mol. The van der Waals surface area contributed by atoms with Crippen LogP contribution in [0, 0.1) is 40.5 Å². The van der Waals surface area contributed by atoms with E-state index in [1.807, 2.05) is 0 Å². The zero-order valence-electron chi connectivity index (χ0n) is 18.4. The van der Waals surface area contributed by atoms with Gasteiger partial charge in [-0.2, -0.15) is 9.13 Å². The van der Waals surface area contributed by atoms with Gasteiger partial charge in [0, 0.05) is 48.5 Å². The van der Waals surface area contributed by atoms with Crippen molar-refractivity contribution in [2.75, 3.05) is 0 Å². The number of rotatable bonds is 7. The summed E-state index contributed by atoms with van der Waals surface area (Å²) in [6.07, 6.45) is 6.24. The second-order valence-corrected chi connectivity index (χ2v) is 7.36. The van der Waals surface area contributed by atoms with Crippen molar-refractivity contribution in [2.24, 2.45) is 0 Å². The van der Waals surface area contributed by atoms with E-state index in [9.17, 15) is 40.5 Å². The highest BCUT2D eigenvalue weighted by molar-refractivity contribution is 5.62. The van der Waals surface area contributed by atoms with Crippen molar-refractivity contribution in [2.45, 2.75) is 0 Å². The highest BCUT2D eigenvalue weighted by Gasteiger charge is 2.27. The Morgan fingerprint density at radius 2 is 0.811 bits per heavy atom. The molecule has 0 unspecified atom stereocenters. The predicted molar refractivity (Wildman–Crippen MR) is 122 cm³/mol. The molecule has 0 bridgehead atoms. The maximum absolute atomic E-state index is 11.4. The SMILES string of the molecule is O=[N+]([O-])c1ccc(-[n+]2ccc(-c3cc[n+](-c4ccc([N+](=O)[O-])cc4[N+](=O)[O-])cc3)cc2)c([N+](=O)[O-])c1.[Cl-]. The van der Waals surface area contributed by atoms with Crippen molar-refractivity contribution in [1.29, 1.82) is 0 Å². The maximum atomic E-state index is 11.4. The van der Waals surface area contributed by atoms with Crippen molar-refractivity contribution in [3.05, 3.63) is 126 Å². The minimum Gasteiger partial charge on any atom is -1.00 e. The molecule has 0 N–H and O–H groups in total. The van der Waals surface area contributed by atoms with Crippen LogP contribution in [0.25, 0.3) is 22.5 Å². The Labute approximate surface area is 212 Å². The first kappa shape index (κ1) is 26.2. The van der Waals surface area contributed by atoms with Crippen LogP contribution in [0.4, 0.5) is 22.7 Å². The van der Waals surface area contributed by atoms with Crippen molar-refractivity contribution >= 4 is 22.7 Å². The van der Waals surface area contributed by atoms with Crippen LogP contribution >= 0.6 is 0 Å². The van der Waals surface area contributed by atoms with E-state index in [0.717, 1.165) is 23.3 Å². The van der Waals surface area contributed by atoms with Crippen LogP contribution in [0.15, 0.2) is 85.5 Å². The molecule has 0 radical (unpaired) electrons. The summed E-state index contributed by atoms with van der Waals surface area (Å²) < 4.78 is 2.91. The number of aromatic nitrogens is 2. The van der Waals surface area contributed by atoms with Crippen molar-refractivity contribution in [3.63, 3.8) is 0 Å². The predicted octanol–water partition coefficient (Wildman–Crippen LogP) is 0.544. The monoisotopic (exact) mass is 525 g/mol. The van der Waals surface area contributed by atoms with Crippen LogP contribution in [0.5, 0.6) is 0 Å². The maximum Gasteiger partial charge on any atom is 0.347 e. The third kappa shape index (κ3) is 5.33. The molecule has 4 aromatic rings. The van der Waals surface area contributed by atoms with Gasteiger partial charge < -0.3 is 12.4 Å². The van der Waals surface area contributed by atoms with Gasteiger partial charge in [-0.15, -0.1) is 0 Å². The van der Waals surface area contributed by atoms with E-state index >= 15 is 0 Å². The summed E-state index contributed by atoms with van der Waals surface area (Å²) in [4.78, 5) is 41.9. The molecule has 2 aromatic carbocycles. The third-order valence-corrected chi connectivity index (χ3v) is 5.28. The molecule has 0 saturated heterocycles. The largest absolute Gasteiger partial charge is 1.00 e. The fourth-order valence-corrected chi connectivity index (χ4v) is 3.54. The lowest BCUT2D eigenvalue weighted by atomic mass is 10.1. The van der Waals surface area contributed by atoms with Crippen LogP contribution in [0.1, 0.15) is 0 Å². The number of hydrogen-bond acceptors (Lipinski definition) is 8. The smallest absolute Gasteiger partial charge is 0.347 e. The van der Waals surface area contributed by atoms with Crippen molar-refractivity contribution < 1.29 is 41.2 Å². The topological polar surface area (TPSA) is 180 Å². The van der Waals surface area contributed by atoms with Gasteiger partial charge in [0.15, 0.2) is 24.8 Å². The minimum atomic E-state index is -0.711. The average molecular weight is 526 g/mol. The first-order valence-corrected chi connectivity index (χ1v) is 10.0. The van der Waals surface area contributed by atoms with Gasteiger partial charge in [0.05, 0.1) is 19.7 Å². The molecule has 0 saturated carbocycles. The molecule has 37 heavy (non-hydrogen) atoms. The summed E-state index contributed by atoms with van der Waals surface area (Å²) in [7, 11) is 0. The first-order chi connectivity index (χ1) is 17.2. The number of nitrogens with zero attached hydrogens (tertiary/aromatic N) is 6. The van der Waals surface area contributed by atoms with Gasteiger partial charge >= 0.3 is 11.4 Å². The van der Waals surface area contributed by atoms with Crippen LogP contribution in [-0.2, 0) is 0 Å². The van der Waals surface area contributed by atoms with E-state index in [2.05, 4.69) is 0 Å². The van der Waals surface area contributed by atoms with E-state index in [1.54, 1.807) is 49.1 Å². The van der Waals surface area contributed by atoms with Gasteiger partial charge in [0.2, 0.25) is 0 Å². The van der Waals surface area contributed by atoms with E-state index < -0.39 is 42.4 Å². The lowest BCUT2D eigenvalue weighted by molar-refractivity contribution is -0.601. The van der Waals surface area contributed by atoms with E-state index in [1.165, 1.54) is 33.4 Å².